The van der Waals surface area contributed by atoms with Gasteiger partial charge in [0.05, 0.1) is 27.9 Å². The highest BCUT2D eigenvalue weighted by Crippen LogP contribution is 2.32. The average Bonchev–Trinajstić information content (AvgIpc) is 3.39. The van der Waals surface area contributed by atoms with Crippen LogP contribution in [-0.4, -0.2) is 45.8 Å². The van der Waals surface area contributed by atoms with Gasteiger partial charge in [-0.15, -0.1) is 0 Å². The molecule has 0 bridgehead atoms. The molecule has 1 saturated heterocycles. The first-order chi connectivity index (χ1) is 19.8. The Balaban J connectivity index is 1.20. The number of aliphatic hydroxyl groups is 1. The summed E-state index contributed by atoms with van der Waals surface area (Å²) in [5.41, 5.74) is 1.65. The molecule has 4 atom stereocenters. The largest absolute Gasteiger partial charge is 0.392 e. The molecule has 0 amide bonds. The molecule has 0 radical (unpaired) electrons. The van der Waals surface area contributed by atoms with Crippen LogP contribution in [0, 0.1) is 17.2 Å². The molecule has 1 aliphatic carbocycles. The summed E-state index contributed by atoms with van der Waals surface area (Å²) in [6.07, 6.45) is 13.9. The molecule has 1 aromatic carbocycles. The molecule has 224 valence electrons. The van der Waals surface area contributed by atoms with Crippen molar-refractivity contribution in [2.45, 2.75) is 102 Å². The second kappa shape index (κ2) is 15.8. The second-order valence-electron chi connectivity index (χ2n) is 11.7. The Morgan fingerprint density at radius 3 is 2.54 bits per heavy atom. The molecule has 1 aliphatic heterocycles. The highest BCUT2D eigenvalue weighted by Gasteiger charge is 2.28. The Kier molecular flexibility index (Phi) is 12.2. The lowest BCUT2D eigenvalue weighted by atomic mass is 9.81. The number of Topliss-reactive ketones (excluding diaryl/α,β-unsaturated/α-hetero) is 1. The van der Waals surface area contributed by atoms with Crippen molar-refractivity contribution in [1.82, 2.24) is 15.3 Å². The number of carbonyl (C=O) groups excluding carboxylic acids is 1. The Bertz CT molecular complexity index is 1240. The van der Waals surface area contributed by atoms with E-state index in [9.17, 15) is 14.7 Å². The number of halogens is 2. The Morgan fingerprint density at radius 2 is 1.85 bits per heavy atom. The number of H-pyrrole nitrogens is 1. The number of β-amino-alcohol motifs (C(OH)–C–C–N with tert-alkyl or cyclic N) is 1. The second-order valence-corrected chi connectivity index (χ2v) is 12.5. The molecular weight excluding hydrogens is 561 g/mol. The maximum absolute atomic E-state index is 12.8. The normalized spacial score (nSPS) is 23.1. The van der Waals surface area contributed by atoms with E-state index in [2.05, 4.69) is 20.6 Å². The van der Waals surface area contributed by atoms with Crippen molar-refractivity contribution < 1.29 is 9.90 Å². The highest BCUT2D eigenvalue weighted by atomic mass is 35.5. The maximum atomic E-state index is 12.8. The molecule has 4 rings (SSSR count). The maximum Gasteiger partial charge on any atom is 0.256 e. The smallest absolute Gasteiger partial charge is 0.256 e. The van der Waals surface area contributed by atoms with E-state index < -0.39 is 0 Å². The Labute approximate surface area is 252 Å². The van der Waals surface area contributed by atoms with E-state index in [0.717, 1.165) is 37.5 Å². The molecule has 2 fully saturated rings. The van der Waals surface area contributed by atoms with Crippen LogP contribution >= 0.6 is 23.2 Å². The Morgan fingerprint density at radius 1 is 1.10 bits per heavy atom. The highest BCUT2D eigenvalue weighted by molar-refractivity contribution is 6.42. The van der Waals surface area contributed by atoms with E-state index in [1.165, 1.54) is 38.5 Å². The summed E-state index contributed by atoms with van der Waals surface area (Å²) >= 11 is 12.1. The van der Waals surface area contributed by atoms with Gasteiger partial charge in [0.2, 0.25) is 5.95 Å². The van der Waals surface area contributed by atoms with Gasteiger partial charge in [-0.25, -0.2) is 4.98 Å². The van der Waals surface area contributed by atoms with Crippen molar-refractivity contribution in [2.75, 3.05) is 11.9 Å². The molecule has 10 heteroatoms. The van der Waals surface area contributed by atoms with Crippen molar-refractivity contribution in [1.29, 1.82) is 5.41 Å². The molecule has 2 heterocycles. The third-order valence-corrected chi connectivity index (χ3v) is 9.41. The van der Waals surface area contributed by atoms with Gasteiger partial charge in [0.15, 0.2) is 0 Å². The number of rotatable bonds is 13. The SMILES string of the molecule is N=Cc1nc(NCc2ccc(Cl)c(Cl)c2)[nH]c(=O)c1CCCCC1CCCCC(CCC(=O)[C@@H]2C[C@@H](O)CN2)CC1. The van der Waals surface area contributed by atoms with Gasteiger partial charge in [0.25, 0.3) is 5.56 Å². The molecule has 0 spiro atoms. The number of anilines is 1. The van der Waals surface area contributed by atoms with Crippen LogP contribution in [-0.2, 0) is 17.8 Å². The summed E-state index contributed by atoms with van der Waals surface area (Å²) in [5.74, 6) is 1.87. The number of aliphatic hydroxyl groups excluding tert-OH is 1. The van der Waals surface area contributed by atoms with Gasteiger partial charge in [0.1, 0.15) is 5.78 Å². The first kappa shape index (κ1) is 31.7. The zero-order chi connectivity index (χ0) is 29.2. The zero-order valence-corrected chi connectivity index (χ0v) is 25.2. The third kappa shape index (κ3) is 9.63. The predicted octanol–water partition coefficient (Wildman–Crippen LogP) is 6.06. The number of hydrogen-bond donors (Lipinski definition) is 5. The van der Waals surface area contributed by atoms with E-state index in [-0.39, 0.29) is 23.5 Å². The van der Waals surface area contributed by atoms with E-state index in [0.29, 0.717) is 71.4 Å². The van der Waals surface area contributed by atoms with Gasteiger partial charge in [-0.05, 0) is 55.2 Å². The monoisotopic (exact) mass is 603 g/mol. The van der Waals surface area contributed by atoms with Crippen molar-refractivity contribution >= 4 is 41.1 Å². The van der Waals surface area contributed by atoms with Crippen LogP contribution in [0.3, 0.4) is 0 Å². The number of aromatic nitrogens is 2. The molecular formula is C31H43Cl2N5O3. The van der Waals surface area contributed by atoms with Crippen molar-refractivity contribution in [2.24, 2.45) is 11.8 Å². The van der Waals surface area contributed by atoms with Crippen LogP contribution in [0.2, 0.25) is 10.0 Å². The lowest BCUT2D eigenvalue weighted by molar-refractivity contribution is -0.121. The van der Waals surface area contributed by atoms with Gasteiger partial charge in [0, 0.05) is 31.3 Å². The lowest BCUT2D eigenvalue weighted by Crippen LogP contribution is -2.30. The molecule has 2 unspecified atom stereocenters. The van der Waals surface area contributed by atoms with Crippen molar-refractivity contribution in [3.05, 3.63) is 55.4 Å². The van der Waals surface area contributed by atoms with Gasteiger partial charge >= 0.3 is 0 Å². The minimum absolute atomic E-state index is 0.164. The van der Waals surface area contributed by atoms with E-state index in [1.54, 1.807) is 12.1 Å². The van der Waals surface area contributed by atoms with Crippen LogP contribution < -0.4 is 16.2 Å². The summed E-state index contributed by atoms with van der Waals surface area (Å²) < 4.78 is 0. The average molecular weight is 605 g/mol. The van der Waals surface area contributed by atoms with Crippen LogP contribution in [0.1, 0.15) is 93.9 Å². The first-order valence-electron chi connectivity index (χ1n) is 15.1. The molecule has 1 saturated carbocycles. The van der Waals surface area contributed by atoms with Crippen LogP contribution in [0.25, 0.3) is 0 Å². The predicted molar refractivity (Wildman–Crippen MR) is 165 cm³/mol. The van der Waals surface area contributed by atoms with Crippen LogP contribution in [0.15, 0.2) is 23.0 Å². The fourth-order valence-electron chi connectivity index (χ4n) is 6.22. The first-order valence-corrected chi connectivity index (χ1v) is 15.8. The van der Waals surface area contributed by atoms with Gasteiger partial charge < -0.3 is 21.1 Å². The number of benzene rings is 1. The summed E-state index contributed by atoms with van der Waals surface area (Å²) in [6.45, 7) is 0.940. The van der Waals surface area contributed by atoms with Crippen molar-refractivity contribution in [3.8, 4) is 0 Å². The molecule has 41 heavy (non-hydrogen) atoms. The fraction of sp³-hybridized carbons (Fsp3) is 0.613. The molecule has 2 aliphatic rings. The standard InChI is InChI=1S/C31H43Cl2N5O3/c32-25-13-11-22(15-26(25)33)18-36-31-37-28(17-34)24(30(41)38-31)8-4-3-6-20-5-1-2-7-21(10-9-20)12-14-29(40)27-16-23(39)19-35-27/h11,13,15,17,20-21,23,27,34-35,39H,1-10,12,14,16,18-19H2,(H2,36,37,38,41)/t20?,21?,23-,27+/m1/s1. The van der Waals surface area contributed by atoms with E-state index in [4.69, 9.17) is 28.6 Å². The fourth-order valence-corrected chi connectivity index (χ4v) is 6.54. The van der Waals surface area contributed by atoms with Gasteiger partial charge in [-0.1, -0.05) is 80.6 Å². The summed E-state index contributed by atoms with van der Waals surface area (Å²) in [6, 6.07) is 5.18. The van der Waals surface area contributed by atoms with Gasteiger partial charge in [-0.3, -0.25) is 14.6 Å². The van der Waals surface area contributed by atoms with Crippen LogP contribution in [0.5, 0.6) is 0 Å². The third-order valence-electron chi connectivity index (χ3n) is 8.67. The lowest BCUT2D eigenvalue weighted by Gasteiger charge is -2.25. The minimum Gasteiger partial charge on any atom is -0.392 e. The number of ketones is 1. The Hall–Kier alpha value is -2.26. The quantitative estimate of drug-likeness (QED) is 0.140. The number of hydrogen-bond acceptors (Lipinski definition) is 7. The molecule has 2 aromatic rings. The topological polar surface area (TPSA) is 131 Å². The number of carbonyl (C=O) groups is 1. The van der Waals surface area contributed by atoms with Crippen LogP contribution in [0.4, 0.5) is 5.95 Å². The summed E-state index contributed by atoms with van der Waals surface area (Å²) in [4.78, 5) is 32.6. The number of nitrogens with zero attached hydrogens (tertiary/aromatic N) is 1. The molecule has 5 N–H and O–H groups in total. The number of unbranched alkanes of at least 4 members (excludes halogenated alkanes) is 1. The molecule has 1 aromatic heterocycles. The molecule has 8 nitrogen and oxygen atoms in total. The van der Waals surface area contributed by atoms with Gasteiger partial charge in [-0.2, -0.15) is 0 Å². The minimum atomic E-state index is -0.389. The van der Waals surface area contributed by atoms with E-state index >= 15 is 0 Å². The van der Waals surface area contributed by atoms with E-state index in [1.807, 2.05) is 6.07 Å². The number of nitrogens with one attached hydrogen (secondary N) is 4. The number of aromatic amines is 1. The zero-order valence-electron chi connectivity index (χ0n) is 23.7. The van der Waals surface area contributed by atoms with Crippen molar-refractivity contribution in [3.63, 3.8) is 0 Å². The summed E-state index contributed by atoms with van der Waals surface area (Å²) in [7, 11) is 0. The summed E-state index contributed by atoms with van der Waals surface area (Å²) in [5, 5.41) is 24.7.